The Bertz CT molecular complexity index is 527. The molecule has 1 heterocycles. The van der Waals surface area contributed by atoms with Crippen LogP contribution in [0.5, 0.6) is 0 Å². The highest BCUT2D eigenvalue weighted by atomic mass is 32.1. The molecule has 0 radical (unpaired) electrons. The fraction of sp³-hybridized carbons (Fsp3) is 0.400. The summed E-state index contributed by atoms with van der Waals surface area (Å²) in [5.41, 5.74) is 1.26. The number of aromatic nitrogens is 2. The number of rotatable bonds is 6. The third kappa shape index (κ3) is 3.42. The smallest absolute Gasteiger partial charge is 0.267 e. The highest BCUT2D eigenvalue weighted by Gasteiger charge is 2.23. The molecule has 0 bridgehead atoms. The number of hydrogen-bond donors (Lipinski definition) is 0. The lowest BCUT2D eigenvalue weighted by Crippen LogP contribution is -2.40. The van der Waals surface area contributed by atoms with Crippen molar-refractivity contribution >= 4 is 17.4 Å². The molecule has 5 heteroatoms. The molecule has 1 atom stereocenters. The third-order valence-corrected chi connectivity index (χ3v) is 4.05. The second-order valence-corrected chi connectivity index (χ2v) is 5.41. The van der Waals surface area contributed by atoms with Gasteiger partial charge in [-0.1, -0.05) is 41.7 Å². The van der Waals surface area contributed by atoms with Crippen LogP contribution in [-0.2, 0) is 6.42 Å². The van der Waals surface area contributed by atoms with Crippen molar-refractivity contribution in [3.05, 3.63) is 47.0 Å². The molecule has 1 amide bonds. The number of carbonyl (C=O) groups excluding carboxylic acids is 1. The zero-order chi connectivity index (χ0) is 14.4. The van der Waals surface area contributed by atoms with E-state index in [9.17, 15) is 4.79 Å². The SMILES string of the molecule is CC[C@H](Cc1ccccc1)N(CC)C(=O)c1cnns1. The normalized spacial score (nSPS) is 12.1. The van der Waals surface area contributed by atoms with Gasteiger partial charge in [-0.2, -0.15) is 0 Å². The van der Waals surface area contributed by atoms with Crippen LogP contribution in [0.3, 0.4) is 0 Å². The maximum Gasteiger partial charge on any atom is 0.267 e. The van der Waals surface area contributed by atoms with Gasteiger partial charge in [0, 0.05) is 12.6 Å². The highest BCUT2D eigenvalue weighted by molar-refractivity contribution is 7.07. The first-order valence-electron chi connectivity index (χ1n) is 6.88. The van der Waals surface area contributed by atoms with E-state index < -0.39 is 0 Å². The number of nitrogens with zero attached hydrogens (tertiary/aromatic N) is 3. The second-order valence-electron chi connectivity index (χ2n) is 4.62. The Balaban J connectivity index is 2.13. The minimum Gasteiger partial charge on any atom is -0.335 e. The summed E-state index contributed by atoms with van der Waals surface area (Å²) in [7, 11) is 0. The molecule has 0 N–H and O–H groups in total. The van der Waals surface area contributed by atoms with Crippen molar-refractivity contribution in [2.24, 2.45) is 0 Å². The first-order valence-corrected chi connectivity index (χ1v) is 7.65. The van der Waals surface area contributed by atoms with Crippen molar-refractivity contribution in [2.45, 2.75) is 32.7 Å². The zero-order valence-corrected chi connectivity index (χ0v) is 12.6. The van der Waals surface area contributed by atoms with Crippen LogP contribution < -0.4 is 0 Å². The number of amides is 1. The fourth-order valence-corrected chi connectivity index (χ4v) is 2.80. The Kier molecular flexibility index (Phi) is 5.24. The van der Waals surface area contributed by atoms with Crippen molar-refractivity contribution in [3.63, 3.8) is 0 Å². The molecule has 0 saturated carbocycles. The molecule has 106 valence electrons. The largest absolute Gasteiger partial charge is 0.335 e. The fourth-order valence-electron chi connectivity index (χ4n) is 2.33. The molecule has 0 aliphatic heterocycles. The van der Waals surface area contributed by atoms with Crippen molar-refractivity contribution in [1.29, 1.82) is 0 Å². The van der Waals surface area contributed by atoms with Crippen LogP contribution in [-0.4, -0.2) is 33.0 Å². The zero-order valence-electron chi connectivity index (χ0n) is 11.8. The standard InChI is InChI=1S/C15H19N3OS/c1-3-13(10-12-8-6-5-7-9-12)18(4-2)15(19)14-11-16-17-20-14/h5-9,11,13H,3-4,10H2,1-2H3/t13-/m1/s1. The summed E-state index contributed by atoms with van der Waals surface area (Å²) in [5.74, 6) is 0.0327. The van der Waals surface area contributed by atoms with E-state index in [1.165, 1.54) is 5.56 Å². The van der Waals surface area contributed by atoms with Gasteiger partial charge in [0.2, 0.25) is 0 Å². The van der Waals surface area contributed by atoms with E-state index in [4.69, 9.17) is 0 Å². The minimum atomic E-state index is 0.0327. The molecule has 0 spiro atoms. The van der Waals surface area contributed by atoms with Gasteiger partial charge in [-0.05, 0) is 36.9 Å². The summed E-state index contributed by atoms with van der Waals surface area (Å²) in [6.45, 7) is 4.83. The van der Waals surface area contributed by atoms with Gasteiger partial charge in [-0.3, -0.25) is 4.79 Å². The number of likely N-dealkylation sites (N-methyl/N-ethyl adjacent to an activating group) is 1. The van der Waals surface area contributed by atoms with Crippen LogP contribution in [0.2, 0.25) is 0 Å². The molecule has 0 aliphatic carbocycles. The quantitative estimate of drug-likeness (QED) is 0.821. The Labute approximate surface area is 123 Å². The number of benzene rings is 1. The number of carbonyl (C=O) groups is 1. The van der Waals surface area contributed by atoms with Gasteiger partial charge >= 0.3 is 0 Å². The maximum atomic E-state index is 12.5. The molecule has 2 rings (SSSR count). The van der Waals surface area contributed by atoms with Crippen LogP contribution in [0, 0.1) is 0 Å². The summed E-state index contributed by atoms with van der Waals surface area (Å²) >= 11 is 1.16. The van der Waals surface area contributed by atoms with E-state index in [0.717, 1.165) is 24.4 Å². The van der Waals surface area contributed by atoms with Crippen molar-refractivity contribution in [2.75, 3.05) is 6.54 Å². The lowest BCUT2D eigenvalue weighted by molar-refractivity contribution is 0.0689. The van der Waals surface area contributed by atoms with Gasteiger partial charge < -0.3 is 4.90 Å². The van der Waals surface area contributed by atoms with Crippen molar-refractivity contribution < 1.29 is 4.79 Å². The van der Waals surface area contributed by atoms with Crippen LogP contribution >= 0.6 is 11.5 Å². The van der Waals surface area contributed by atoms with E-state index in [0.29, 0.717) is 11.4 Å². The summed E-state index contributed by atoms with van der Waals surface area (Å²) in [6.07, 6.45) is 3.36. The predicted octanol–water partition coefficient (Wildman–Crippen LogP) is 3.02. The third-order valence-electron chi connectivity index (χ3n) is 3.40. The minimum absolute atomic E-state index is 0.0327. The lowest BCUT2D eigenvalue weighted by atomic mass is 10.0. The second kappa shape index (κ2) is 7.14. The topological polar surface area (TPSA) is 46.1 Å². The molecular formula is C15H19N3OS. The number of hydrogen-bond acceptors (Lipinski definition) is 4. The molecule has 20 heavy (non-hydrogen) atoms. The van der Waals surface area contributed by atoms with E-state index in [2.05, 4.69) is 28.6 Å². The van der Waals surface area contributed by atoms with Crippen LogP contribution in [0.4, 0.5) is 0 Å². The summed E-state index contributed by atoms with van der Waals surface area (Å²) in [5, 5.41) is 3.75. The van der Waals surface area contributed by atoms with Crippen molar-refractivity contribution in [1.82, 2.24) is 14.5 Å². The van der Waals surface area contributed by atoms with Crippen molar-refractivity contribution in [3.8, 4) is 0 Å². The molecule has 4 nitrogen and oxygen atoms in total. The first kappa shape index (κ1) is 14.7. The van der Waals surface area contributed by atoms with Gasteiger partial charge in [-0.25, -0.2) is 0 Å². The van der Waals surface area contributed by atoms with Gasteiger partial charge in [-0.15, -0.1) is 5.10 Å². The predicted molar refractivity (Wildman–Crippen MR) is 80.8 cm³/mol. The molecule has 0 saturated heterocycles. The van der Waals surface area contributed by atoms with Gasteiger partial charge in [0.05, 0.1) is 6.20 Å². The summed E-state index contributed by atoms with van der Waals surface area (Å²) in [4.78, 5) is 15.0. The van der Waals surface area contributed by atoms with Gasteiger partial charge in [0.25, 0.3) is 5.91 Å². The molecule has 0 aliphatic rings. The van der Waals surface area contributed by atoms with Crippen LogP contribution in [0.15, 0.2) is 36.5 Å². The van der Waals surface area contributed by atoms with E-state index in [-0.39, 0.29) is 11.9 Å². The van der Waals surface area contributed by atoms with Gasteiger partial charge in [0.15, 0.2) is 0 Å². The molecule has 2 aromatic rings. The molecule has 0 unspecified atom stereocenters. The highest BCUT2D eigenvalue weighted by Crippen LogP contribution is 2.16. The van der Waals surface area contributed by atoms with Crippen LogP contribution in [0.25, 0.3) is 0 Å². The molecule has 1 aromatic heterocycles. The van der Waals surface area contributed by atoms with E-state index >= 15 is 0 Å². The van der Waals surface area contributed by atoms with E-state index in [1.54, 1.807) is 6.20 Å². The first-order chi connectivity index (χ1) is 9.76. The molecule has 1 aromatic carbocycles. The Morgan fingerprint density at radius 2 is 2.05 bits per heavy atom. The lowest BCUT2D eigenvalue weighted by Gasteiger charge is -2.29. The van der Waals surface area contributed by atoms with Crippen LogP contribution in [0.1, 0.15) is 35.5 Å². The van der Waals surface area contributed by atoms with E-state index in [1.807, 2.05) is 30.0 Å². The summed E-state index contributed by atoms with van der Waals surface area (Å²) < 4.78 is 3.77. The maximum absolute atomic E-state index is 12.5. The monoisotopic (exact) mass is 289 g/mol. The Morgan fingerprint density at radius 1 is 1.30 bits per heavy atom. The van der Waals surface area contributed by atoms with Gasteiger partial charge in [0.1, 0.15) is 4.88 Å². The summed E-state index contributed by atoms with van der Waals surface area (Å²) in [6, 6.07) is 10.5. The molecule has 0 fully saturated rings. The Hall–Kier alpha value is -1.75. The molecular weight excluding hydrogens is 270 g/mol. The Morgan fingerprint density at radius 3 is 2.60 bits per heavy atom. The average molecular weight is 289 g/mol. The average Bonchev–Trinajstić information content (AvgIpc) is 3.02.